The largest absolute Gasteiger partial charge is 0.417 e. The molecule has 2 rings (SSSR count). The molecule has 0 spiro atoms. The summed E-state index contributed by atoms with van der Waals surface area (Å²) in [4.78, 5) is 2.13. The van der Waals surface area contributed by atoms with Gasteiger partial charge >= 0.3 is 6.18 Å². The van der Waals surface area contributed by atoms with Crippen molar-refractivity contribution in [2.45, 2.75) is 11.2 Å². The van der Waals surface area contributed by atoms with Gasteiger partial charge in [0.15, 0.2) is 0 Å². The first-order valence-electron chi connectivity index (χ1n) is 4.54. The van der Waals surface area contributed by atoms with Crippen molar-refractivity contribution in [3.63, 3.8) is 0 Å². The summed E-state index contributed by atoms with van der Waals surface area (Å²) in [6.07, 6.45) is -4.77. The summed E-state index contributed by atoms with van der Waals surface area (Å²) in [5.41, 5.74) is -1.62. The van der Waals surface area contributed by atoms with Gasteiger partial charge in [-0.3, -0.25) is 0 Å². The van der Waals surface area contributed by atoms with Crippen LogP contribution < -0.4 is 0 Å². The molecule has 0 saturated carbocycles. The molecule has 0 aliphatic heterocycles. The van der Waals surface area contributed by atoms with Gasteiger partial charge in [-0.05, 0) is 28.1 Å². The van der Waals surface area contributed by atoms with Gasteiger partial charge in [0.25, 0.3) is 9.05 Å². The maximum atomic E-state index is 13.6. The van der Waals surface area contributed by atoms with E-state index in [1.165, 1.54) is 0 Å². The summed E-state index contributed by atoms with van der Waals surface area (Å²) < 4.78 is 73.2. The average molecular weight is 381 g/mol. The fourth-order valence-electron chi connectivity index (χ4n) is 1.54. The Labute approximate surface area is 117 Å². The number of aromatic amines is 1. The van der Waals surface area contributed by atoms with Crippen LogP contribution in [0.25, 0.3) is 10.9 Å². The zero-order valence-electron chi connectivity index (χ0n) is 8.65. The van der Waals surface area contributed by atoms with Gasteiger partial charge in [-0.15, -0.1) is 0 Å². The molecular weight excluding hydrogens is 378 g/mol. The highest BCUT2D eigenvalue weighted by Crippen LogP contribution is 2.40. The summed E-state index contributed by atoms with van der Waals surface area (Å²) >= 11 is 2.69. The molecule has 10 heteroatoms. The normalized spacial score (nSPS) is 13.2. The SMILES string of the molecule is O=S(=O)(Cl)c1cc2c(Br)c(C(F)(F)F)cc(F)c2[nH]1. The number of H-pyrrole nitrogens is 1. The number of nitrogens with one attached hydrogen (secondary N) is 1. The van der Waals surface area contributed by atoms with Gasteiger partial charge in [0.2, 0.25) is 0 Å². The maximum Gasteiger partial charge on any atom is 0.417 e. The summed E-state index contributed by atoms with van der Waals surface area (Å²) in [7, 11) is 0.847. The van der Waals surface area contributed by atoms with Gasteiger partial charge in [-0.25, -0.2) is 12.8 Å². The van der Waals surface area contributed by atoms with Crippen molar-refractivity contribution in [1.82, 2.24) is 4.98 Å². The Morgan fingerprint density at radius 1 is 1.26 bits per heavy atom. The van der Waals surface area contributed by atoms with Gasteiger partial charge in [0.1, 0.15) is 10.8 Å². The fraction of sp³-hybridized carbons (Fsp3) is 0.111. The van der Waals surface area contributed by atoms with Crippen LogP contribution in [0.15, 0.2) is 21.6 Å². The van der Waals surface area contributed by atoms with Crippen molar-refractivity contribution < 1.29 is 26.0 Å². The highest BCUT2D eigenvalue weighted by Gasteiger charge is 2.35. The molecular formula is C9H3BrClF4NO2S. The van der Waals surface area contributed by atoms with Crippen molar-refractivity contribution in [1.29, 1.82) is 0 Å². The molecule has 2 aromatic rings. The summed E-state index contributed by atoms with van der Waals surface area (Å²) in [6.45, 7) is 0. The van der Waals surface area contributed by atoms with Crippen LogP contribution in [0.5, 0.6) is 0 Å². The van der Waals surface area contributed by atoms with Gasteiger partial charge in [-0.2, -0.15) is 13.2 Å². The number of hydrogen-bond acceptors (Lipinski definition) is 2. The van der Waals surface area contributed by atoms with Crippen LogP contribution >= 0.6 is 26.6 Å². The molecule has 3 nitrogen and oxygen atoms in total. The van der Waals surface area contributed by atoms with Crippen LogP contribution in [-0.2, 0) is 15.2 Å². The van der Waals surface area contributed by atoms with Crippen LogP contribution in [-0.4, -0.2) is 13.4 Å². The molecule has 0 aliphatic carbocycles. The third kappa shape index (κ3) is 2.59. The van der Waals surface area contributed by atoms with E-state index in [1.807, 2.05) is 0 Å². The van der Waals surface area contributed by atoms with E-state index in [2.05, 4.69) is 20.9 Å². The lowest BCUT2D eigenvalue weighted by Gasteiger charge is -2.10. The minimum Gasteiger partial charge on any atom is -0.342 e. The van der Waals surface area contributed by atoms with Gasteiger partial charge in [-0.1, -0.05) is 0 Å². The van der Waals surface area contributed by atoms with E-state index in [4.69, 9.17) is 10.7 Å². The average Bonchev–Trinajstić information content (AvgIpc) is 2.66. The number of fused-ring (bicyclic) bond motifs is 1. The number of rotatable bonds is 1. The first kappa shape index (κ1) is 14.6. The zero-order chi connectivity index (χ0) is 14.6. The smallest absolute Gasteiger partial charge is 0.342 e. The Kier molecular flexibility index (Phi) is 3.35. The molecule has 1 N–H and O–H groups in total. The van der Waals surface area contributed by atoms with Crippen molar-refractivity contribution in [3.05, 3.63) is 28.0 Å². The van der Waals surface area contributed by atoms with Gasteiger partial charge in [0.05, 0.1) is 11.1 Å². The quantitative estimate of drug-likeness (QED) is 0.600. The molecule has 1 heterocycles. The minimum atomic E-state index is -4.77. The monoisotopic (exact) mass is 379 g/mol. The van der Waals surface area contributed by atoms with Crippen LogP contribution in [0, 0.1) is 5.82 Å². The van der Waals surface area contributed by atoms with Gasteiger partial charge < -0.3 is 4.98 Å². The molecule has 1 aromatic carbocycles. The number of halogens is 6. The van der Waals surface area contributed by atoms with E-state index in [0.29, 0.717) is 0 Å². The van der Waals surface area contributed by atoms with Crippen molar-refractivity contribution >= 4 is 46.6 Å². The van der Waals surface area contributed by atoms with Crippen LogP contribution in [0.2, 0.25) is 0 Å². The highest BCUT2D eigenvalue weighted by atomic mass is 79.9. The lowest BCUT2D eigenvalue weighted by molar-refractivity contribution is -0.138. The summed E-state index contributed by atoms with van der Waals surface area (Å²) in [6, 6.07) is 1.10. The molecule has 0 radical (unpaired) electrons. The molecule has 104 valence electrons. The summed E-state index contributed by atoms with van der Waals surface area (Å²) in [5.74, 6) is -1.22. The van der Waals surface area contributed by atoms with Gasteiger partial charge in [0, 0.05) is 20.5 Å². The Balaban J connectivity index is 2.87. The maximum absolute atomic E-state index is 13.6. The fourth-order valence-corrected chi connectivity index (χ4v) is 2.92. The Bertz CT molecular complexity index is 769. The first-order chi connectivity index (χ1) is 8.51. The standard InChI is InChI=1S/C9H3BrClF4NO2S/c10-7-3-1-6(19(11,17)18)16-8(3)5(12)2-4(7)9(13,14)15/h1-2,16H. The number of benzene rings is 1. The van der Waals surface area contributed by atoms with Crippen LogP contribution in [0.4, 0.5) is 17.6 Å². The molecule has 0 aliphatic rings. The van der Waals surface area contributed by atoms with Crippen molar-refractivity contribution in [2.24, 2.45) is 0 Å². The Hall–Kier alpha value is -0.800. The summed E-state index contributed by atoms with van der Waals surface area (Å²) in [5, 5.41) is -0.838. The Morgan fingerprint density at radius 3 is 2.32 bits per heavy atom. The second-order valence-corrected chi connectivity index (χ2v) is 6.91. The molecule has 0 saturated heterocycles. The van der Waals surface area contributed by atoms with E-state index >= 15 is 0 Å². The van der Waals surface area contributed by atoms with Crippen LogP contribution in [0.3, 0.4) is 0 Å². The molecule has 0 atom stereocenters. The van der Waals surface area contributed by atoms with E-state index in [1.54, 1.807) is 0 Å². The minimum absolute atomic E-state index is 0.258. The topological polar surface area (TPSA) is 49.9 Å². The van der Waals surface area contributed by atoms with Crippen LogP contribution in [0.1, 0.15) is 5.56 Å². The second-order valence-electron chi connectivity index (χ2n) is 3.58. The lowest BCUT2D eigenvalue weighted by atomic mass is 10.1. The predicted octanol–water partition coefficient (Wildman–Crippen LogP) is 4.02. The molecule has 0 unspecified atom stereocenters. The molecule has 1 aromatic heterocycles. The third-order valence-electron chi connectivity index (χ3n) is 2.34. The van der Waals surface area contributed by atoms with Crippen molar-refractivity contribution in [3.8, 4) is 0 Å². The Morgan fingerprint density at radius 2 is 1.84 bits per heavy atom. The number of hydrogen-bond donors (Lipinski definition) is 1. The van der Waals surface area contributed by atoms with E-state index in [9.17, 15) is 26.0 Å². The predicted molar refractivity (Wildman–Crippen MR) is 64.0 cm³/mol. The molecule has 0 amide bonds. The second kappa shape index (κ2) is 4.35. The van der Waals surface area contributed by atoms with E-state index in [-0.39, 0.29) is 17.0 Å². The highest BCUT2D eigenvalue weighted by molar-refractivity contribution is 9.10. The number of alkyl halides is 3. The van der Waals surface area contributed by atoms with E-state index < -0.39 is 36.1 Å². The zero-order valence-corrected chi connectivity index (χ0v) is 11.8. The number of aromatic nitrogens is 1. The first-order valence-corrected chi connectivity index (χ1v) is 7.64. The molecule has 19 heavy (non-hydrogen) atoms. The third-order valence-corrected chi connectivity index (χ3v) is 4.44. The molecule has 0 fully saturated rings. The molecule has 0 bridgehead atoms. The van der Waals surface area contributed by atoms with Crippen molar-refractivity contribution in [2.75, 3.05) is 0 Å². The lowest BCUT2D eigenvalue weighted by Crippen LogP contribution is -2.06. The van der Waals surface area contributed by atoms with E-state index in [0.717, 1.165) is 6.07 Å².